The SMILES string of the molecule is CCOCCn1c(=NC(=O)C2CCCN(S(=O)(=O)c3ccc(C)cc3)C2)sc2cc(Cl)ccc21. The number of amides is 1. The zero-order chi connectivity index (χ0) is 24.3. The molecule has 1 amide bonds. The molecule has 0 spiro atoms. The molecule has 1 aromatic heterocycles. The summed E-state index contributed by atoms with van der Waals surface area (Å²) in [6, 6.07) is 12.4. The number of carbonyl (C=O) groups excluding carboxylic acids is 1. The smallest absolute Gasteiger partial charge is 0.252 e. The minimum absolute atomic E-state index is 0.133. The molecule has 0 N–H and O–H groups in total. The molecule has 0 saturated carbocycles. The molecule has 1 saturated heterocycles. The van der Waals surface area contributed by atoms with E-state index >= 15 is 0 Å². The highest BCUT2D eigenvalue weighted by Crippen LogP contribution is 2.26. The van der Waals surface area contributed by atoms with Gasteiger partial charge in [-0.3, -0.25) is 4.79 Å². The molecule has 1 fully saturated rings. The van der Waals surface area contributed by atoms with Crippen LogP contribution in [0.2, 0.25) is 5.02 Å². The van der Waals surface area contributed by atoms with Crippen molar-refractivity contribution in [3.63, 3.8) is 0 Å². The molecule has 182 valence electrons. The first-order valence-electron chi connectivity index (χ1n) is 11.3. The maximum Gasteiger partial charge on any atom is 0.252 e. The van der Waals surface area contributed by atoms with Crippen LogP contribution in [0.15, 0.2) is 52.4 Å². The molecule has 3 aromatic rings. The number of hydrogen-bond donors (Lipinski definition) is 0. The van der Waals surface area contributed by atoms with E-state index < -0.39 is 15.9 Å². The molecule has 0 radical (unpaired) electrons. The maximum atomic E-state index is 13.2. The minimum atomic E-state index is -3.66. The van der Waals surface area contributed by atoms with Gasteiger partial charge in [-0.1, -0.05) is 40.6 Å². The summed E-state index contributed by atoms with van der Waals surface area (Å²) < 4.78 is 36.1. The van der Waals surface area contributed by atoms with Gasteiger partial charge in [-0.2, -0.15) is 9.30 Å². The Kier molecular flexibility index (Phi) is 7.89. The third-order valence-electron chi connectivity index (χ3n) is 5.91. The number of aromatic nitrogens is 1. The zero-order valence-corrected chi connectivity index (χ0v) is 21.6. The Bertz CT molecular complexity index is 1350. The van der Waals surface area contributed by atoms with Crippen LogP contribution in [0.4, 0.5) is 0 Å². The summed E-state index contributed by atoms with van der Waals surface area (Å²) in [7, 11) is -3.66. The molecular formula is C24H28ClN3O4S2. The Morgan fingerprint density at radius 3 is 2.74 bits per heavy atom. The summed E-state index contributed by atoms with van der Waals surface area (Å²) in [4.78, 5) is 18.5. The van der Waals surface area contributed by atoms with E-state index in [0.717, 1.165) is 15.8 Å². The predicted octanol–water partition coefficient (Wildman–Crippen LogP) is 4.23. The lowest BCUT2D eigenvalue weighted by Gasteiger charge is -2.30. The lowest BCUT2D eigenvalue weighted by Crippen LogP contribution is -2.42. The Morgan fingerprint density at radius 2 is 2.00 bits per heavy atom. The van der Waals surface area contributed by atoms with Gasteiger partial charge in [0.1, 0.15) is 0 Å². The average molecular weight is 522 g/mol. The van der Waals surface area contributed by atoms with E-state index in [1.54, 1.807) is 24.3 Å². The Morgan fingerprint density at radius 1 is 1.24 bits per heavy atom. The number of thiazole rings is 1. The Hall–Kier alpha value is -2.04. The van der Waals surface area contributed by atoms with E-state index in [9.17, 15) is 13.2 Å². The van der Waals surface area contributed by atoms with Crippen molar-refractivity contribution in [2.24, 2.45) is 10.9 Å². The van der Waals surface area contributed by atoms with Crippen LogP contribution >= 0.6 is 22.9 Å². The van der Waals surface area contributed by atoms with Crippen LogP contribution in [0.5, 0.6) is 0 Å². The Labute approximate surface area is 208 Å². The lowest BCUT2D eigenvalue weighted by atomic mass is 9.99. The van der Waals surface area contributed by atoms with Crippen LogP contribution in [-0.4, -0.2) is 49.5 Å². The molecule has 1 aliphatic heterocycles. The Balaban J connectivity index is 1.61. The number of hydrogen-bond acceptors (Lipinski definition) is 5. The quantitative estimate of drug-likeness (QED) is 0.436. The number of carbonyl (C=O) groups is 1. The van der Waals surface area contributed by atoms with E-state index in [2.05, 4.69) is 4.99 Å². The van der Waals surface area contributed by atoms with Crippen molar-refractivity contribution in [2.75, 3.05) is 26.3 Å². The minimum Gasteiger partial charge on any atom is -0.380 e. The van der Waals surface area contributed by atoms with Crippen molar-refractivity contribution >= 4 is 49.1 Å². The van der Waals surface area contributed by atoms with Crippen molar-refractivity contribution in [3.8, 4) is 0 Å². The number of benzene rings is 2. The molecule has 7 nitrogen and oxygen atoms in total. The second kappa shape index (κ2) is 10.7. The van der Waals surface area contributed by atoms with Gasteiger partial charge < -0.3 is 9.30 Å². The molecule has 1 unspecified atom stereocenters. The molecule has 2 aromatic carbocycles. The van der Waals surface area contributed by atoms with E-state index in [1.807, 2.05) is 36.6 Å². The van der Waals surface area contributed by atoms with E-state index in [0.29, 0.717) is 49.0 Å². The molecule has 2 heterocycles. The fourth-order valence-electron chi connectivity index (χ4n) is 4.06. The molecule has 0 bridgehead atoms. The van der Waals surface area contributed by atoms with Crippen molar-refractivity contribution in [1.29, 1.82) is 0 Å². The number of sulfonamides is 1. The zero-order valence-electron chi connectivity index (χ0n) is 19.2. The van der Waals surface area contributed by atoms with Crippen LogP contribution in [0.3, 0.4) is 0 Å². The fourth-order valence-corrected chi connectivity index (χ4v) is 6.92. The molecule has 34 heavy (non-hydrogen) atoms. The summed E-state index contributed by atoms with van der Waals surface area (Å²) in [5.41, 5.74) is 1.93. The monoisotopic (exact) mass is 521 g/mol. The van der Waals surface area contributed by atoms with Crippen LogP contribution in [0, 0.1) is 12.8 Å². The van der Waals surface area contributed by atoms with Crippen LogP contribution < -0.4 is 4.80 Å². The van der Waals surface area contributed by atoms with Crippen molar-refractivity contribution in [3.05, 3.63) is 57.9 Å². The van der Waals surface area contributed by atoms with Gasteiger partial charge in [-0.25, -0.2) is 8.42 Å². The molecule has 1 atom stereocenters. The van der Waals surface area contributed by atoms with Gasteiger partial charge in [-0.15, -0.1) is 0 Å². The molecular weight excluding hydrogens is 494 g/mol. The average Bonchev–Trinajstić information content (AvgIpc) is 3.15. The largest absolute Gasteiger partial charge is 0.380 e. The highest BCUT2D eigenvalue weighted by molar-refractivity contribution is 7.89. The van der Waals surface area contributed by atoms with Crippen molar-refractivity contribution < 1.29 is 17.9 Å². The molecule has 1 aliphatic rings. The van der Waals surface area contributed by atoms with Gasteiger partial charge >= 0.3 is 0 Å². The van der Waals surface area contributed by atoms with Crippen molar-refractivity contribution in [1.82, 2.24) is 8.87 Å². The summed E-state index contributed by atoms with van der Waals surface area (Å²) in [6.45, 7) is 6.04. The standard InChI is InChI=1S/C24H28ClN3O4S2/c1-3-32-14-13-28-21-11-8-19(25)15-22(21)33-24(28)26-23(29)18-5-4-12-27(16-18)34(30,31)20-9-6-17(2)7-10-20/h6-11,15,18H,3-5,12-14,16H2,1-2H3. The highest BCUT2D eigenvalue weighted by Gasteiger charge is 2.33. The number of aryl methyl sites for hydroxylation is 1. The number of nitrogens with zero attached hydrogens (tertiary/aromatic N) is 3. The lowest BCUT2D eigenvalue weighted by molar-refractivity contribution is -0.122. The van der Waals surface area contributed by atoms with E-state index in [1.165, 1.54) is 15.6 Å². The molecule has 4 rings (SSSR count). The predicted molar refractivity (Wildman–Crippen MR) is 135 cm³/mol. The number of rotatable bonds is 7. The first-order valence-corrected chi connectivity index (χ1v) is 13.9. The summed E-state index contributed by atoms with van der Waals surface area (Å²) in [5.74, 6) is -0.783. The van der Waals surface area contributed by atoms with E-state index in [-0.39, 0.29) is 17.3 Å². The fraction of sp³-hybridized carbons (Fsp3) is 0.417. The van der Waals surface area contributed by atoms with E-state index in [4.69, 9.17) is 16.3 Å². The maximum absolute atomic E-state index is 13.2. The second-order valence-electron chi connectivity index (χ2n) is 8.31. The second-order valence-corrected chi connectivity index (χ2v) is 11.7. The summed E-state index contributed by atoms with van der Waals surface area (Å²) in [6.07, 6.45) is 1.22. The summed E-state index contributed by atoms with van der Waals surface area (Å²) >= 11 is 7.56. The van der Waals surface area contributed by atoms with Gasteiger partial charge in [0.15, 0.2) is 4.80 Å². The molecule has 0 aliphatic carbocycles. The van der Waals surface area contributed by atoms with Crippen LogP contribution in [-0.2, 0) is 26.1 Å². The van der Waals surface area contributed by atoms with Crippen LogP contribution in [0.1, 0.15) is 25.3 Å². The van der Waals surface area contributed by atoms with Gasteiger partial charge in [0.25, 0.3) is 5.91 Å². The highest BCUT2D eigenvalue weighted by atomic mass is 35.5. The number of piperidine rings is 1. The van der Waals surface area contributed by atoms with Gasteiger partial charge in [-0.05, 0) is 57.0 Å². The van der Waals surface area contributed by atoms with Crippen LogP contribution in [0.25, 0.3) is 10.2 Å². The summed E-state index contributed by atoms with van der Waals surface area (Å²) in [5, 5.41) is 0.618. The first kappa shape index (κ1) is 25.1. The number of halogens is 1. The number of fused-ring (bicyclic) bond motifs is 1. The molecule has 10 heteroatoms. The first-order chi connectivity index (χ1) is 16.3. The third-order valence-corrected chi connectivity index (χ3v) is 9.06. The third kappa shape index (κ3) is 5.44. The van der Waals surface area contributed by atoms with Gasteiger partial charge in [0.2, 0.25) is 10.0 Å². The normalized spacial score (nSPS) is 18.0. The van der Waals surface area contributed by atoms with Crippen molar-refractivity contribution in [2.45, 2.75) is 38.1 Å². The number of ether oxygens (including phenoxy) is 1. The van der Waals surface area contributed by atoms with Gasteiger partial charge in [0.05, 0.1) is 27.6 Å². The topological polar surface area (TPSA) is 81.0 Å². The van der Waals surface area contributed by atoms with Gasteiger partial charge in [0, 0.05) is 31.3 Å².